The van der Waals surface area contributed by atoms with Gasteiger partial charge in [-0.25, -0.2) is 0 Å². The maximum absolute atomic E-state index is 12.4. The first-order chi connectivity index (χ1) is 10.2. The maximum Gasteiger partial charge on any atom is 0.228 e. The summed E-state index contributed by atoms with van der Waals surface area (Å²) < 4.78 is 10.6. The van der Waals surface area contributed by atoms with Crippen LogP contribution in [-0.4, -0.2) is 56.4 Å². The van der Waals surface area contributed by atoms with Gasteiger partial charge >= 0.3 is 0 Å². The molecule has 124 valence electrons. The largest absolute Gasteiger partial charge is 0.497 e. The molecule has 1 aliphatic rings. The Morgan fingerprint density at radius 3 is 2.59 bits per heavy atom. The van der Waals surface area contributed by atoms with Gasteiger partial charge in [-0.3, -0.25) is 4.79 Å². The van der Waals surface area contributed by atoms with Gasteiger partial charge in [0.15, 0.2) is 0 Å². The second kappa shape index (κ2) is 8.82. The van der Waals surface area contributed by atoms with Crippen LogP contribution in [0.3, 0.4) is 0 Å². The summed E-state index contributed by atoms with van der Waals surface area (Å²) in [5, 5.41) is 12.3. The van der Waals surface area contributed by atoms with Crippen molar-refractivity contribution in [3.63, 3.8) is 0 Å². The fourth-order valence-corrected chi connectivity index (χ4v) is 2.32. The molecule has 0 aromatic heterocycles. The first kappa shape index (κ1) is 18.5. The van der Waals surface area contributed by atoms with Crippen LogP contribution >= 0.6 is 12.4 Å². The predicted octanol–water partition coefficient (Wildman–Crippen LogP) is 0.666. The number of carbonyl (C=O) groups excluding carboxylic acids is 1. The van der Waals surface area contributed by atoms with E-state index in [0.717, 1.165) is 5.56 Å². The Balaban J connectivity index is 0.00000242. The van der Waals surface area contributed by atoms with Crippen molar-refractivity contribution >= 4 is 18.3 Å². The Bertz CT molecular complexity index is 494. The van der Waals surface area contributed by atoms with Crippen molar-refractivity contribution in [2.75, 3.05) is 40.5 Å². The standard InChI is InChI=1S/C15H22N2O4.ClH/c1-20-13-3-4-14(21-2)11(7-13)10-17(5-6-18)15(19)12-8-16-9-12;/h3-4,7,12,16,18H,5-6,8-10H2,1-2H3;1H. The van der Waals surface area contributed by atoms with Crippen LogP contribution in [0, 0.1) is 5.92 Å². The van der Waals surface area contributed by atoms with E-state index < -0.39 is 0 Å². The molecule has 2 N–H and O–H groups in total. The summed E-state index contributed by atoms with van der Waals surface area (Å²) in [6, 6.07) is 5.49. The third-order valence-electron chi connectivity index (χ3n) is 3.66. The van der Waals surface area contributed by atoms with E-state index >= 15 is 0 Å². The molecule has 1 aliphatic heterocycles. The zero-order valence-electron chi connectivity index (χ0n) is 12.9. The molecular weight excluding hydrogens is 308 g/mol. The minimum atomic E-state index is -0.0574. The number of ether oxygens (including phenoxy) is 2. The Morgan fingerprint density at radius 2 is 2.09 bits per heavy atom. The number of nitrogens with one attached hydrogen (secondary N) is 1. The van der Waals surface area contributed by atoms with Gasteiger partial charge in [0.2, 0.25) is 5.91 Å². The number of halogens is 1. The minimum absolute atomic E-state index is 0. The van der Waals surface area contributed by atoms with Gasteiger partial charge in [0.1, 0.15) is 11.5 Å². The first-order valence-electron chi connectivity index (χ1n) is 7.01. The summed E-state index contributed by atoms with van der Waals surface area (Å²) in [7, 11) is 3.20. The number of hydrogen-bond donors (Lipinski definition) is 2. The number of amides is 1. The molecule has 1 heterocycles. The van der Waals surface area contributed by atoms with Crippen molar-refractivity contribution in [3.8, 4) is 11.5 Å². The molecule has 0 bridgehead atoms. The molecule has 2 rings (SSSR count). The van der Waals surface area contributed by atoms with Crippen molar-refractivity contribution in [2.24, 2.45) is 5.92 Å². The van der Waals surface area contributed by atoms with Crippen LogP contribution in [0.2, 0.25) is 0 Å². The molecule has 1 aromatic rings. The van der Waals surface area contributed by atoms with Crippen LogP contribution in [-0.2, 0) is 11.3 Å². The SMILES string of the molecule is COc1ccc(OC)c(CN(CCO)C(=O)C2CNC2)c1.Cl. The first-order valence-corrected chi connectivity index (χ1v) is 7.01. The van der Waals surface area contributed by atoms with E-state index in [1.807, 2.05) is 18.2 Å². The van der Waals surface area contributed by atoms with E-state index in [-0.39, 0.29) is 30.8 Å². The van der Waals surface area contributed by atoms with Gasteiger partial charge in [-0.2, -0.15) is 0 Å². The molecule has 7 heteroatoms. The van der Waals surface area contributed by atoms with E-state index in [9.17, 15) is 9.90 Å². The van der Waals surface area contributed by atoms with Gasteiger partial charge in [0.05, 0.1) is 26.7 Å². The van der Waals surface area contributed by atoms with E-state index in [2.05, 4.69) is 5.32 Å². The highest BCUT2D eigenvalue weighted by molar-refractivity contribution is 5.85. The molecule has 22 heavy (non-hydrogen) atoms. The number of hydrogen-bond acceptors (Lipinski definition) is 5. The van der Waals surface area contributed by atoms with E-state index in [1.165, 1.54) is 0 Å². The van der Waals surface area contributed by atoms with E-state index in [0.29, 0.717) is 37.7 Å². The van der Waals surface area contributed by atoms with Crippen molar-refractivity contribution in [2.45, 2.75) is 6.54 Å². The highest BCUT2D eigenvalue weighted by atomic mass is 35.5. The second-order valence-electron chi connectivity index (χ2n) is 5.02. The maximum atomic E-state index is 12.4. The summed E-state index contributed by atoms with van der Waals surface area (Å²) in [4.78, 5) is 14.0. The summed E-state index contributed by atoms with van der Waals surface area (Å²) in [5.74, 6) is 1.49. The fraction of sp³-hybridized carbons (Fsp3) is 0.533. The molecule has 0 atom stereocenters. The predicted molar refractivity (Wildman–Crippen MR) is 85.7 cm³/mol. The van der Waals surface area contributed by atoms with Gasteiger partial charge in [-0.15, -0.1) is 12.4 Å². The number of rotatable bonds is 7. The Kier molecular flexibility index (Phi) is 7.44. The second-order valence-corrected chi connectivity index (χ2v) is 5.02. The zero-order valence-corrected chi connectivity index (χ0v) is 13.7. The lowest BCUT2D eigenvalue weighted by molar-refractivity contribution is -0.138. The monoisotopic (exact) mass is 330 g/mol. The van der Waals surface area contributed by atoms with Gasteiger partial charge in [0, 0.05) is 31.7 Å². The molecule has 6 nitrogen and oxygen atoms in total. The highest BCUT2D eigenvalue weighted by Crippen LogP contribution is 2.26. The molecule has 0 aliphatic carbocycles. The third kappa shape index (κ3) is 4.25. The quantitative estimate of drug-likeness (QED) is 0.769. The molecule has 1 saturated heterocycles. The average Bonchev–Trinajstić information content (AvgIpc) is 2.44. The Hall–Kier alpha value is -1.50. The van der Waals surface area contributed by atoms with Crippen molar-refractivity contribution in [1.29, 1.82) is 0 Å². The number of benzene rings is 1. The van der Waals surface area contributed by atoms with Crippen LogP contribution in [0.5, 0.6) is 11.5 Å². The van der Waals surface area contributed by atoms with E-state index in [4.69, 9.17) is 9.47 Å². The highest BCUT2D eigenvalue weighted by Gasteiger charge is 2.29. The van der Waals surface area contributed by atoms with Gasteiger partial charge in [-0.1, -0.05) is 0 Å². The minimum Gasteiger partial charge on any atom is -0.497 e. The molecule has 1 aromatic carbocycles. The number of aliphatic hydroxyl groups excluding tert-OH is 1. The van der Waals surface area contributed by atoms with Crippen LogP contribution in [0.1, 0.15) is 5.56 Å². The Labute approximate surface area is 136 Å². The third-order valence-corrected chi connectivity index (χ3v) is 3.66. The van der Waals surface area contributed by atoms with Gasteiger partial charge in [-0.05, 0) is 18.2 Å². The van der Waals surface area contributed by atoms with Crippen LogP contribution in [0.4, 0.5) is 0 Å². The lowest BCUT2D eigenvalue weighted by Gasteiger charge is -2.32. The lowest BCUT2D eigenvalue weighted by atomic mass is 10.0. The zero-order chi connectivity index (χ0) is 15.2. The molecule has 0 saturated carbocycles. The van der Waals surface area contributed by atoms with Gasteiger partial charge in [0.25, 0.3) is 0 Å². The van der Waals surface area contributed by atoms with Crippen LogP contribution in [0.15, 0.2) is 18.2 Å². The molecule has 1 amide bonds. The molecule has 1 fully saturated rings. The lowest BCUT2D eigenvalue weighted by Crippen LogP contribution is -2.52. The van der Waals surface area contributed by atoms with Crippen LogP contribution in [0.25, 0.3) is 0 Å². The molecule has 0 spiro atoms. The van der Waals surface area contributed by atoms with Crippen molar-refractivity contribution in [1.82, 2.24) is 10.2 Å². The summed E-state index contributed by atoms with van der Waals surface area (Å²) in [5.41, 5.74) is 0.867. The summed E-state index contributed by atoms with van der Waals surface area (Å²) in [6.07, 6.45) is 0. The van der Waals surface area contributed by atoms with Gasteiger partial charge < -0.3 is 24.8 Å². The molecule has 0 radical (unpaired) electrons. The van der Waals surface area contributed by atoms with Crippen molar-refractivity contribution < 1.29 is 19.4 Å². The Morgan fingerprint density at radius 1 is 1.36 bits per heavy atom. The summed E-state index contributed by atoms with van der Waals surface area (Å²) >= 11 is 0. The van der Waals surface area contributed by atoms with Crippen molar-refractivity contribution in [3.05, 3.63) is 23.8 Å². The fourth-order valence-electron chi connectivity index (χ4n) is 2.32. The number of carbonyl (C=O) groups is 1. The normalized spacial score (nSPS) is 13.8. The summed E-state index contributed by atoms with van der Waals surface area (Å²) in [6.45, 7) is 2.07. The number of nitrogens with zero attached hydrogens (tertiary/aromatic N) is 1. The number of aliphatic hydroxyl groups is 1. The van der Waals surface area contributed by atoms with Crippen LogP contribution < -0.4 is 14.8 Å². The topological polar surface area (TPSA) is 71.0 Å². The smallest absolute Gasteiger partial charge is 0.228 e. The number of methoxy groups -OCH3 is 2. The molecular formula is C15H23ClN2O4. The average molecular weight is 331 g/mol. The van der Waals surface area contributed by atoms with E-state index in [1.54, 1.807) is 19.1 Å². The molecule has 0 unspecified atom stereocenters.